The Morgan fingerprint density at radius 1 is 1.31 bits per heavy atom. The number of nitrogens with zero attached hydrogens (tertiary/aromatic N) is 2. The van der Waals surface area contributed by atoms with Crippen LogP contribution in [0.2, 0.25) is 0 Å². The van der Waals surface area contributed by atoms with Gasteiger partial charge in [-0.2, -0.15) is 5.10 Å². The van der Waals surface area contributed by atoms with Gasteiger partial charge in [0.25, 0.3) is 0 Å². The predicted molar refractivity (Wildman–Crippen MR) is 62.2 cm³/mol. The zero-order valence-electron chi connectivity index (χ0n) is 8.95. The molecule has 1 heterocycles. The highest BCUT2D eigenvalue weighted by Crippen LogP contribution is 2.17. The number of aliphatic hydroxyl groups is 1. The van der Waals surface area contributed by atoms with Crippen molar-refractivity contribution in [1.82, 2.24) is 9.78 Å². The SMILES string of the molecule is NCC[C@@H](O)c1ccc(-n2cccn2)cc1. The maximum absolute atomic E-state index is 9.74. The van der Waals surface area contributed by atoms with E-state index in [4.69, 9.17) is 5.73 Å². The fourth-order valence-corrected chi connectivity index (χ4v) is 1.60. The molecule has 3 N–H and O–H groups in total. The molecule has 0 aliphatic heterocycles. The second-order valence-corrected chi connectivity index (χ2v) is 3.64. The van der Waals surface area contributed by atoms with E-state index < -0.39 is 6.10 Å². The zero-order chi connectivity index (χ0) is 11.4. The van der Waals surface area contributed by atoms with Gasteiger partial charge in [-0.25, -0.2) is 4.68 Å². The molecule has 0 saturated carbocycles. The van der Waals surface area contributed by atoms with Gasteiger partial charge in [0.05, 0.1) is 11.8 Å². The second-order valence-electron chi connectivity index (χ2n) is 3.64. The lowest BCUT2D eigenvalue weighted by molar-refractivity contribution is 0.170. The van der Waals surface area contributed by atoms with E-state index in [9.17, 15) is 5.11 Å². The van der Waals surface area contributed by atoms with Gasteiger partial charge in [-0.05, 0) is 36.7 Å². The summed E-state index contributed by atoms with van der Waals surface area (Å²) in [6.45, 7) is 0.488. The van der Waals surface area contributed by atoms with Crippen LogP contribution in [0, 0.1) is 0 Å². The van der Waals surface area contributed by atoms with Crippen LogP contribution in [0.4, 0.5) is 0 Å². The normalized spacial score (nSPS) is 12.6. The van der Waals surface area contributed by atoms with E-state index in [1.165, 1.54) is 0 Å². The van der Waals surface area contributed by atoms with E-state index >= 15 is 0 Å². The number of benzene rings is 1. The summed E-state index contributed by atoms with van der Waals surface area (Å²) in [4.78, 5) is 0. The first-order valence-electron chi connectivity index (χ1n) is 5.29. The maximum Gasteiger partial charge on any atom is 0.0802 e. The molecule has 0 fully saturated rings. The highest BCUT2D eigenvalue weighted by Gasteiger charge is 2.06. The van der Waals surface area contributed by atoms with Crippen molar-refractivity contribution in [2.75, 3.05) is 6.54 Å². The Morgan fingerprint density at radius 2 is 2.06 bits per heavy atom. The Balaban J connectivity index is 2.16. The summed E-state index contributed by atoms with van der Waals surface area (Å²) in [5.41, 5.74) is 7.27. The van der Waals surface area contributed by atoms with Crippen molar-refractivity contribution in [2.45, 2.75) is 12.5 Å². The van der Waals surface area contributed by atoms with Gasteiger partial charge < -0.3 is 10.8 Å². The molecule has 1 aromatic heterocycles. The van der Waals surface area contributed by atoms with Crippen LogP contribution in [0.5, 0.6) is 0 Å². The van der Waals surface area contributed by atoms with Crippen molar-refractivity contribution >= 4 is 0 Å². The van der Waals surface area contributed by atoms with Crippen molar-refractivity contribution in [1.29, 1.82) is 0 Å². The summed E-state index contributed by atoms with van der Waals surface area (Å²) < 4.78 is 1.78. The van der Waals surface area contributed by atoms with E-state index in [2.05, 4.69) is 5.10 Å². The smallest absolute Gasteiger partial charge is 0.0802 e. The van der Waals surface area contributed by atoms with E-state index in [-0.39, 0.29) is 0 Å². The van der Waals surface area contributed by atoms with Crippen LogP contribution < -0.4 is 5.73 Å². The van der Waals surface area contributed by atoms with Crippen LogP contribution in [-0.4, -0.2) is 21.4 Å². The monoisotopic (exact) mass is 217 g/mol. The number of rotatable bonds is 4. The molecule has 2 rings (SSSR count). The third kappa shape index (κ3) is 2.29. The van der Waals surface area contributed by atoms with Crippen molar-refractivity contribution in [2.24, 2.45) is 5.73 Å². The lowest BCUT2D eigenvalue weighted by Crippen LogP contribution is -2.06. The molecule has 0 unspecified atom stereocenters. The minimum absolute atomic E-state index is 0.475. The highest BCUT2D eigenvalue weighted by atomic mass is 16.3. The lowest BCUT2D eigenvalue weighted by Gasteiger charge is -2.10. The molecule has 0 aliphatic carbocycles. The molecule has 0 saturated heterocycles. The predicted octanol–water partition coefficient (Wildman–Crippen LogP) is 1.25. The van der Waals surface area contributed by atoms with E-state index in [0.717, 1.165) is 11.3 Å². The molecule has 4 nitrogen and oxygen atoms in total. The molecular weight excluding hydrogens is 202 g/mol. The Kier molecular flexibility index (Phi) is 3.34. The first-order valence-corrected chi connectivity index (χ1v) is 5.29. The number of aliphatic hydroxyl groups excluding tert-OH is 1. The molecule has 0 bridgehead atoms. The summed E-state index contributed by atoms with van der Waals surface area (Å²) in [7, 11) is 0. The Bertz CT molecular complexity index is 422. The molecule has 0 amide bonds. The van der Waals surface area contributed by atoms with Gasteiger partial charge in [0.15, 0.2) is 0 Å². The van der Waals surface area contributed by atoms with Crippen LogP contribution in [-0.2, 0) is 0 Å². The van der Waals surface area contributed by atoms with E-state index in [1.54, 1.807) is 10.9 Å². The van der Waals surface area contributed by atoms with Gasteiger partial charge in [0.2, 0.25) is 0 Å². The Labute approximate surface area is 94.3 Å². The van der Waals surface area contributed by atoms with Crippen LogP contribution in [0.15, 0.2) is 42.7 Å². The summed E-state index contributed by atoms with van der Waals surface area (Å²) >= 11 is 0. The average Bonchev–Trinajstić information content (AvgIpc) is 2.83. The first kappa shape index (κ1) is 10.9. The first-order chi connectivity index (χ1) is 7.81. The number of hydrogen-bond acceptors (Lipinski definition) is 3. The van der Waals surface area contributed by atoms with Gasteiger partial charge in [0.1, 0.15) is 0 Å². The minimum Gasteiger partial charge on any atom is -0.388 e. The summed E-state index contributed by atoms with van der Waals surface area (Å²) in [6.07, 6.45) is 3.72. The number of hydrogen-bond donors (Lipinski definition) is 2. The van der Waals surface area contributed by atoms with E-state index in [1.807, 2.05) is 36.5 Å². The van der Waals surface area contributed by atoms with Crippen LogP contribution in [0.25, 0.3) is 5.69 Å². The topological polar surface area (TPSA) is 64.1 Å². The number of aromatic nitrogens is 2. The van der Waals surface area contributed by atoms with E-state index in [0.29, 0.717) is 13.0 Å². The maximum atomic E-state index is 9.74. The Morgan fingerprint density at radius 3 is 2.62 bits per heavy atom. The minimum atomic E-state index is -0.475. The van der Waals surface area contributed by atoms with Crippen molar-refractivity contribution in [3.8, 4) is 5.69 Å². The summed E-state index contributed by atoms with van der Waals surface area (Å²) in [5.74, 6) is 0. The second kappa shape index (κ2) is 4.92. The molecule has 0 aliphatic rings. The fraction of sp³-hybridized carbons (Fsp3) is 0.250. The van der Waals surface area contributed by atoms with Gasteiger partial charge >= 0.3 is 0 Å². The molecule has 1 aromatic carbocycles. The molecule has 0 radical (unpaired) electrons. The van der Waals surface area contributed by atoms with Crippen molar-refractivity contribution < 1.29 is 5.11 Å². The molecular formula is C12H15N3O. The van der Waals surface area contributed by atoms with Crippen LogP contribution in [0.1, 0.15) is 18.1 Å². The standard InChI is InChI=1S/C12H15N3O/c13-7-6-12(16)10-2-4-11(5-3-10)15-9-1-8-14-15/h1-5,8-9,12,16H,6-7,13H2/t12-/m1/s1. The Hall–Kier alpha value is -1.65. The van der Waals surface area contributed by atoms with Crippen LogP contribution in [0.3, 0.4) is 0 Å². The summed E-state index contributed by atoms with van der Waals surface area (Å²) in [5, 5.41) is 13.9. The summed E-state index contributed by atoms with van der Waals surface area (Å²) in [6, 6.07) is 9.54. The molecule has 1 atom stereocenters. The molecule has 84 valence electrons. The van der Waals surface area contributed by atoms with Crippen LogP contribution >= 0.6 is 0 Å². The molecule has 0 spiro atoms. The zero-order valence-corrected chi connectivity index (χ0v) is 8.95. The third-order valence-electron chi connectivity index (χ3n) is 2.49. The van der Waals surface area contributed by atoms with Gasteiger partial charge in [-0.15, -0.1) is 0 Å². The lowest BCUT2D eigenvalue weighted by atomic mass is 10.1. The van der Waals surface area contributed by atoms with Gasteiger partial charge in [0, 0.05) is 12.4 Å². The highest BCUT2D eigenvalue weighted by molar-refractivity contribution is 5.34. The largest absolute Gasteiger partial charge is 0.388 e. The molecule has 16 heavy (non-hydrogen) atoms. The van der Waals surface area contributed by atoms with Crippen molar-refractivity contribution in [3.63, 3.8) is 0 Å². The van der Waals surface area contributed by atoms with Crippen molar-refractivity contribution in [3.05, 3.63) is 48.3 Å². The van der Waals surface area contributed by atoms with Gasteiger partial charge in [-0.3, -0.25) is 0 Å². The number of nitrogens with two attached hydrogens (primary N) is 1. The third-order valence-corrected chi connectivity index (χ3v) is 2.49. The van der Waals surface area contributed by atoms with Gasteiger partial charge in [-0.1, -0.05) is 12.1 Å². The average molecular weight is 217 g/mol. The molecule has 4 heteroatoms. The quantitative estimate of drug-likeness (QED) is 0.810. The fourth-order valence-electron chi connectivity index (χ4n) is 1.60. The molecule has 2 aromatic rings.